The number of rotatable bonds is 9. The minimum Gasteiger partial charge on any atom is -0.381 e. The molecule has 0 amide bonds. The van der Waals surface area contributed by atoms with Crippen LogP contribution in [0.4, 0.5) is 0 Å². The zero-order chi connectivity index (χ0) is 12.8. The van der Waals surface area contributed by atoms with E-state index in [-0.39, 0.29) is 0 Å². The van der Waals surface area contributed by atoms with Gasteiger partial charge in [-0.25, -0.2) is 0 Å². The van der Waals surface area contributed by atoms with Crippen LogP contribution in [0.2, 0.25) is 0 Å². The van der Waals surface area contributed by atoms with E-state index >= 15 is 0 Å². The molecule has 0 spiro atoms. The summed E-state index contributed by atoms with van der Waals surface area (Å²) >= 11 is 1.72. The Morgan fingerprint density at radius 3 is 2.89 bits per heavy atom. The van der Waals surface area contributed by atoms with Crippen molar-refractivity contribution in [3.63, 3.8) is 0 Å². The fourth-order valence-corrected chi connectivity index (χ4v) is 2.66. The lowest BCUT2D eigenvalue weighted by Gasteiger charge is -2.07. The van der Waals surface area contributed by atoms with Crippen molar-refractivity contribution in [1.82, 2.24) is 14.8 Å². The summed E-state index contributed by atoms with van der Waals surface area (Å²) in [6.07, 6.45) is 4.78. The zero-order valence-electron chi connectivity index (χ0n) is 11.0. The SMILES string of the molecule is CCCCOCCSc1nnc(CN)n1C1CC1. The van der Waals surface area contributed by atoms with Crippen LogP contribution in [-0.2, 0) is 11.3 Å². The van der Waals surface area contributed by atoms with Gasteiger partial charge in [0.05, 0.1) is 13.2 Å². The second-order valence-electron chi connectivity index (χ2n) is 4.52. The van der Waals surface area contributed by atoms with Gasteiger partial charge in [-0.1, -0.05) is 25.1 Å². The molecule has 5 nitrogen and oxygen atoms in total. The van der Waals surface area contributed by atoms with E-state index in [1.165, 1.54) is 19.3 Å². The van der Waals surface area contributed by atoms with Crippen LogP contribution in [0.1, 0.15) is 44.5 Å². The number of thioether (sulfide) groups is 1. The van der Waals surface area contributed by atoms with Gasteiger partial charge in [0, 0.05) is 18.4 Å². The van der Waals surface area contributed by atoms with E-state index in [0.717, 1.165) is 36.4 Å². The molecule has 0 unspecified atom stereocenters. The van der Waals surface area contributed by atoms with Crippen molar-refractivity contribution < 1.29 is 4.74 Å². The minimum absolute atomic E-state index is 0.469. The largest absolute Gasteiger partial charge is 0.381 e. The molecule has 1 aromatic rings. The Morgan fingerprint density at radius 2 is 2.22 bits per heavy atom. The van der Waals surface area contributed by atoms with Crippen molar-refractivity contribution in [1.29, 1.82) is 0 Å². The van der Waals surface area contributed by atoms with Gasteiger partial charge in [-0.05, 0) is 19.3 Å². The Morgan fingerprint density at radius 1 is 1.39 bits per heavy atom. The van der Waals surface area contributed by atoms with Crippen molar-refractivity contribution in [3.8, 4) is 0 Å². The number of nitrogens with zero attached hydrogens (tertiary/aromatic N) is 3. The predicted molar refractivity (Wildman–Crippen MR) is 72.6 cm³/mol. The van der Waals surface area contributed by atoms with Gasteiger partial charge in [0.2, 0.25) is 0 Å². The molecular weight excluding hydrogens is 248 g/mol. The van der Waals surface area contributed by atoms with E-state index in [0.29, 0.717) is 12.6 Å². The molecule has 2 N–H and O–H groups in total. The summed E-state index contributed by atoms with van der Waals surface area (Å²) in [6, 6.07) is 0.585. The average Bonchev–Trinajstić information content (AvgIpc) is 3.14. The van der Waals surface area contributed by atoms with Gasteiger partial charge in [0.1, 0.15) is 5.82 Å². The second kappa shape index (κ2) is 7.11. The summed E-state index contributed by atoms with van der Waals surface area (Å²) in [5.74, 6) is 1.84. The molecule has 0 atom stereocenters. The van der Waals surface area contributed by atoms with E-state index in [2.05, 4.69) is 21.7 Å². The van der Waals surface area contributed by atoms with E-state index in [4.69, 9.17) is 10.5 Å². The summed E-state index contributed by atoms with van der Waals surface area (Å²) in [7, 11) is 0. The Bertz CT molecular complexity index is 365. The Labute approximate surface area is 112 Å². The summed E-state index contributed by atoms with van der Waals surface area (Å²) in [4.78, 5) is 0. The van der Waals surface area contributed by atoms with Gasteiger partial charge in [-0.15, -0.1) is 10.2 Å². The first kappa shape index (κ1) is 13.8. The highest BCUT2D eigenvalue weighted by atomic mass is 32.2. The first-order valence-corrected chi connectivity index (χ1v) is 7.69. The molecule has 0 saturated heterocycles. The first-order chi connectivity index (χ1) is 8.86. The molecule has 1 heterocycles. The standard InChI is InChI=1S/C12H22N4OS/c1-2-3-6-17-7-8-18-12-15-14-11(9-13)16(12)10-4-5-10/h10H,2-9,13H2,1H3. The highest BCUT2D eigenvalue weighted by Crippen LogP contribution is 2.38. The summed E-state index contributed by atoms with van der Waals surface area (Å²) in [6.45, 7) is 4.28. The molecule has 1 aliphatic carbocycles. The molecule has 2 rings (SSSR count). The summed E-state index contributed by atoms with van der Waals surface area (Å²) in [5, 5.41) is 9.37. The van der Waals surface area contributed by atoms with Crippen molar-refractivity contribution in [3.05, 3.63) is 5.82 Å². The number of hydrogen-bond donors (Lipinski definition) is 1. The van der Waals surface area contributed by atoms with E-state index < -0.39 is 0 Å². The molecule has 1 fully saturated rings. The fourth-order valence-electron chi connectivity index (χ4n) is 1.78. The van der Waals surface area contributed by atoms with Crippen LogP contribution in [0.25, 0.3) is 0 Å². The molecule has 0 radical (unpaired) electrons. The molecule has 6 heteroatoms. The number of hydrogen-bond acceptors (Lipinski definition) is 5. The predicted octanol–water partition coefficient (Wildman–Crippen LogP) is 1.98. The number of nitrogens with two attached hydrogens (primary N) is 1. The van der Waals surface area contributed by atoms with Crippen LogP contribution >= 0.6 is 11.8 Å². The normalized spacial score (nSPS) is 15.2. The maximum atomic E-state index is 5.68. The summed E-state index contributed by atoms with van der Waals surface area (Å²) in [5.41, 5.74) is 5.68. The van der Waals surface area contributed by atoms with E-state index in [1.54, 1.807) is 11.8 Å². The highest BCUT2D eigenvalue weighted by molar-refractivity contribution is 7.99. The topological polar surface area (TPSA) is 66.0 Å². The van der Waals surface area contributed by atoms with Crippen LogP contribution in [0.5, 0.6) is 0 Å². The van der Waals surface area contributed by atoms with Crippen LogP contribution in [-0.4, -0.2) is 33.7 Å². The lowest BCUT2D eigenvalue weighted by Crippen LogP contribution is -2.08. The van der Waals surface area contributed by atoms with Crippen LogP contribution in [0.15, 0.2) is 5.16 Å². The van der Waals surface area contributed by atoms with Crippen molar-refractivity contribution >= 4 is 11.8 Å². The number of unbranched alkanes of at least 4 members (excludes halogenated alkanes) is 1. The Hall–Kier alpha value is -0.590. The first-order valence-electron chi connectivity index (χ1n) is 6.71. The second-order valence-corrected chi connectivity index (χ2v) is 5.58. The minimum atomic E-state index is 0.469. The molecular formula is C12H22N4OS. The third kappa shape index (κ3) is 3.70. The quantitative estimate of drug-likeness (QED) is 0.549. The monoisotopic (exact) mass is 270 g/mol. The lowest BCUT2D eigenvalue weighted by atomic mass is 10.4. The van der Waals surface area contributed by atoms with E-state index in [9.17, 15) is 0 Å². The molecule has 1 aliphatic rings. The van der Waals surface area contributed by atoms with E-state index in [1.807, 2.05) is 0 Å². The third-order valence-corrected chi connectivity index (χ3v) is 3.84. The number of aromatic nitrogens is 3. The third-order valence-electron chi connectivity index (χ3n) is 2.93. The van der Waals surface area contributed by atoms with Gasteiger partial charge in [-0.3, -0.25) is 0 Å². The molecule has 1 saturated carbocycles. The number of ether oxygens (including phenoxy) is 1. The highest BCUT2D eigenvalue weighted by Gasteiger charge is 2.28. The maximum Gasteiger partial charge on any atom is 0.191 e. The van der Waals surface area contributed by atoms with Gasteiger partial charge >= 0.3 is 0 Å². The Kier molecular flexibility index (Phi) is 5.46. The smallest absolute Gasteiger partial charge is 0.191 e. The molecule has 0 bridgehead atoms. The van der Waals surface area contributed by atoms with Crippen molar-refractivity contribution in [2.24, 2.45) is 5.73 Å². The molecule has 0 aliphatic heterocycles. The van der Waals surface area contributed by atoms with Gasteiger partial charge < -0.3 is 15.0 Å². The van der Waals surface area contributed by atoms with Crippen LogP contribution < -0.4 is 5.73 Å². The van der Waals surface area contributed by atoms with Gasteiger partial charge in [-0.2, -0.15) is 0 Å². The zero-order valence-corrected chi connectivity index (χ0v) is 11.8. The Balaban J connectivity index is 1.76. The fraction of sp³-hybridized carbons (Fsp3) is 0.833. The molecule has 0 aromatic carbocycles. The van der Waals surface area contributed by atoms with Crippen molar-refractivity contribution in [2.45, 2.75) is 50.4 Å². The molecule has 1 aromatic heterocycles. The van der Waals surface area contributed by atoms with Gasteiger partial charge in [0.15, 0.2) is 5.16 Å². The average molecular weight is 270 g/mol. The van der Waals surface area contributed by atoms with Gasteiger partial charge in [0.25, 0.3) is 0 Å². The van der Waals surface area contributed by atoms with Crippen LogP contribution in [0.3, 0.4) is 0 Å². The molecule has 102 valence electrons. The summed E-state index contributed by atoms with van der Waals surface area (Å²) < 4.78 is 7.75. The van der Waals surface area contributed by atoms with Crippen LogP contribution in [0, 0.1) is 0 Å². The van der Waals surface area contributed by atoms with Crippen molar-refractivity contribution in [2.75, 3.05) is 19.0 Å². The lowest BCUT2D eigenvalue weighted by molar-refractivity contribution is 0.147. The maximum absolute atomic E-state index is 5.68. The molecule has 18 heavy (non-hydrogen) atoms.